The Morgan fingerprint density at radius 3 is 2.92 bits per heavy atom. The molecule has 0 aromatic heterocycles. The topological polar surface area (TPSA) is 26.3 Å². The Balaban J connectivity index is 2.00. The minimum Gasteiger partial charge on any atom is -0.435 e. The zero-order valence-electron chi connectivity index (χ0n) is 7.58. The molecule has 0 bridgehead atoms. The van der Waals surface area contributed by atoms with E-state index in [1.165, 1.54) is 12.8 Å². The molecule has 0 atom stereocenters. The van der Waals surface area contributed by atoms with Gasteiger partial charge in [0.15, 0.2) is 0 Å². The fraction of sp³-hybridized carbons (Fsp3) is 0.700. The van der Waals surface area contributed by atoms with Gasteiger partial charge in [-0.15, -0.1) is 0 Å². The zero-order valence-corrected chi connectivity index (χ0v) is 7.58. The van der Waals surface area contributed by atoms with Gasteiger partial charge in [0, 0.05) is 6.42 Å². The third-order valence-electron chi connectivity index (χ3n) is 1.91. The largest absolute Gasteiger partial charge is 0.435 e. The van der Waals surface area contributed by atoms with Gasteiger partial charge in [-0.25, -0.2) is 0 Å². The second-order valence-electron chi connectivity index (χ2n) is 3.26. The quantitative estimate of drug-likeness (QED) is 0.466. The molecule has 1 rings (SSSR count). The number of carbonyl (C=O) groups excluding carboxylic acids is 1. The molecule has 1 aliphatic carbocycles. The summed E-state index contributed by atoms with van der Waals surface area (Å²) in [5, 5.41) is 0. The maximum Gasteiger partial charge on any atom is 0.310 e. The van der Waals surface area contributed by atoms with E-state index in [0.717, 1.165) is 12.8 Å². The van der Waals surface area contributed by atoms with Crippen LogP contribution in [0.2, 0.25) is 0 Å². The van der Waals surface area contributed by atoms with Crippen LogP contribution in [0.5, 0.6) is 0 Å². The Hall–Kier alpha value is -0.790. The molecular formula is C10H16O2. The van der Waals surface area contributed by atoms with Crippen molar-refractivity contribution in [2.45, 2.75) is 39.0 Å². The summed E-state index contributed by atoms with van der Waals surface area (Å²) in [4.78, 5) is 10.9. The van der Waals surface area contributed by atoms with E-state index in [9.17, 15) is 4.79 Å². The molecule has 0 aliphatic heterocycles. The van der Waals surface area contributed by atoms with Gasteiger partial charge in [0.25, 0.3) is 0 Å². The molecule has 0 N–H and O–H groups in total. The summed E-state index contributed by atoms with van der Waals surface area (Å²) in [5.74, 6) is 0.581. The van der Waals surface area contributed by atoms with Crippen LogP contribution in [0.3, 0.4) is 0 Å². The highest BCUT2D eigenvalue weighted by Gasteiger charge is 2.17. The van der Waals surface area contributed by atoms with Crippen LogP contribution in [-0.4, -0.2) is 5.97 Å². The molecule has 2 heteroatoms. The summed E-state index contributed by atoms with van der Waals surface area (Å²) in [6, 6.07) is 0. The lowest BCUT2D eigenvalue weighted by Gasteiger charge is -1.96. The van der Waals surface area contributed by atoms with Gasteiger partial charge < -0.3 is 4.74 Å². The Morgan fingerprint density at radius 2 is 2.33 bits per heavy atom. The molecule has 1 fully saturated rings. The minimum absolute atomic E-state index is 0.103. The molecule has 0 aromatic carbocycles. The lowest BCUT2D eigenvalue weighted by molar-refractivity contribution is -0.138. The van der Waals surface area contributed by atoms with E-state index in [4.69, 9.17) is 4.74 Å². The van der Waals surface area contributed by atoms with Gasteiger partial charge in [-0.1, -0.05) is 13.3 Å². The fourth-order valence-corrected chi connectivity index (χ4v) is 0.895. The van der Waals surface area contributed by atoms with Crippen LogP contribution in [0.1, 0.15) is 39.0 Å². The van der Waals surface area contributed by atoms with Gasteiger partial charge in [-0.2, -0.15) is 0 Å². The van der Waals surface area contributed by atoms with E-state index >= 15 is 0 Å². The first-order valence-corrected chi connectivity index (χ1v) is 4.69. The second kappa shape index (κ2) is 4.96. The molecule has 12 heavy (non-hydrogen) atoms. The van der Waals surface area contributed by atoms with Crippen molar-refractivity contribution in [2.24, 2.45) is 5.92 Å². The van der Waals surface area contributed by atoms with Gasteiger partial charge in [0.1, 0.15) is 0 Å². The smallest absolute Gasteiger partial charge is 0.310 e. The molecule has 68 valence electrons. The molecule has 1 saturated carbocycles. The highest BCUT2D eigenvalue weighted by atomic mass is 16.5. The maximum atomic E-state index is 10.9. The predicted molar refractivity (Wildman–Crippen MR) is 47.5 cm³/mol. The average Bonchev–Trinajstić information content (AvgIpc) is 2.84. The van der Waals surface area contributed by atoms with Crippen molar-refractivity contribution in [1.29, 1.82) is 0 Å². The number of esters is 1. The van der Waals surface area contributed by atoms with Crippen LogP contribution in [-0.2, 0) is 9.53 Å². The number of carbonyl (C=O) groups is 1. The van der Waals surface area contributed by atoms with Crippen molar-refractivity contribution in [3.05, 3.63) is 12.3 Å². The maximum absolute atomic E-state index is 10.9. The monoisotopic (exact) mass is 168 g/mol. The lowest BCUT2D eigenvalue weighted by Crippen LogP contribution is -1.98. The standard InChI is InChI=1S/C10H16O2/c1-2-3-4-10(11)12-8-7-9-5-6-9/h7-9H,2-6H2,1H3/b8-7-. The molecule has 2 nitrogen and oxygen atoms in total. The molecule has 0 spiro atoms. The molecule has 0 unspecified atom stereocenters. The third-order valence-corrected chi connectivity index (χ3v) is 1.91. The Bertz CT molecular complexity index is 169. The summed E-state index contributed by atoms with van der Waals surface area (Å²) >= 11 is 0. The molecule has 0 amide bonds. The van der Waals surface area contributed by atoms with Crippen molar-refractivity contribution in [3.63, 3.8) is 0 Å². The van der Waals surface area contributed by atoms with E-state index in [0.29, 0.717) is 12.3 Å². The van der Waals surface area contributed by atoms with E-state index in [2.05, 4.69) is 6.92 Å². The highest BCUT2D eigenvalue weighted by Crippen LogP contribution is 2.29. The Kier molecular flexibility index (Phi) is 3.85. The van der Waals surface area contributed by atoms with E-state index in [1.807, 2.05) is 6.08 Å². The van der Waals surface area contributed by atoms with Crippen molar-refractivity contribution in [2.75, 3.05) is 0 Å². The first-order valence-electron chi connectivity index (χ1n) is 4.69. The number of hydrogen-bond acceptors (Lipinski definition) is 2. The third kappa shape index (κ3) is 4.16. The van der Waals surface area contributed by atoms with E-state index < -0.39 is 0 Å². The summed E-state index contributed by atoms with van der Waals surface area (Å²) in [6.45, 7) is 2.06. The van der Waals surface area contributed by atoms with Crippen molar-refractivity contribution in [1.82, 2.24) is 0 Å². The average molecular weight is 168 g/mol. The van der Waals surface area contributed by atoms with E-state index in [-0.39, 0.29) is 5.97 Å². The summed E-state index contributed by atoms with van der Waals surface area (Å²) in [5.41, 5.74) is 0. The number of allylic oxidation sites excluding steroid dienone is 1. The minimum atomic E-state index is -0.103. The zero-order chi connectivity index (χ0) is 8.81. The molecular weight excluding hydrogens is 152 g/mol. The van der Waals surface area contributed by atoms with Gasteiger partial charge >= 0.3 is 5.97 Å². The summed E-state index contributed by atoms with van der Waals surface area (Å²) in [7, 11) is 0. The van der Waals surface area contributed by atoms with Crippen LogP contribution >= 0.6 is 0 Å². The Labute approximate surface area is 73.6 Å². The first kappa shape index (κ1) is 9.30. The normalized spacial score (nSPS) is 16.8. The number of ether oxygens (including phenoxy) is 1. The molecule has 0 radical (unpaired) electrons. The second-order valence-corrected chi connectivity index (χ2v) is 3.26. The van der Waals surface area contributed by atoms with Crippen LogP contribution in [0, 0.1) is 5.92 Å². The number of unbranched alkanes of at least 4 members (excludes halogenated alkanes) is 1. The van der Waals surface area contributed by atoms with Gasteiger partial charge in [-0.05, 0) is 31.3 Å². The lowest BCUT2D eigenvalue weighted by atomic mass is 10.2. The summed E-state index contributed by atoms with van der Waals surface area (Å²) < 4.78 is 4.88. The van der Waals surface area contributed by atoms with Gasteiger partial charge in [0.2, 0.25) is 0 Å². The molecule has 0 heterocycles. The SMILES string of the molecule is CCCCC(=O)O/C=C\C1CC1. The Morgan fingerprint density at radius 1 is 1.58 bits per heavy atom. The molecule has 0 saturated heterocycles. The molecule has 1 aliphatic rings. The first-order chi connectivity index (χ1) is 5.83. The van der Waals surface area contributed by atoms with Crippen LogP contribution < -0.4 is 0 Å². The highest BCUT2D eigenvalue weighted by molar-refractivity contribution is 5.69. The van der Waals surface area contributed by atoms with Crippen molar-refractivity contribution >= 4 is 5.97 Å². The van der Waals surface area contributed by atoms with E-state index in [1.54, 1.807) is 6.26 Å². The van der Waals surface area contributed by atoms with Crippen molar-refractivity contribution < 1.29 is 9.53 Å². The van der Waals surface area contributed by atoms with Crippen molar-refractivity contribution in [3.8, 4) is 0 Å². The van der Waals surface area contributed by atoms with Gasteiger partial charge in [-0.3, -0.25) is 4.79 Å². The number of rotatable bonds is 5. The van der Waals surface area contributed by atoms with Crippen LogP contribution in [0.15, 0.2) is 12.3 Å². The fourth-order valence-electron chi connectivity index (χ4n) is 0.895. The predicted octanol–water partition coefficient (Wildman–Crippen LogP) is 2.64. The van der Waals surface area contributed by atoms with Crippen LogP contribution in [0.4, 0.5) is 0 Å². The summed E-state index contributed by atoms with van der Waals surface area (Å²) in [6.07, 6.45) is 8.55. The number of hydrogen-bond donors (Lipinski definition) is 0. The molecule has 0 aromatic rings. The van der Waals surface area contributed by atoms with Gasteiger partial charge in [0.05, 0.1) is 6.26 Å². The van der Waals surface area contributed by atoms with Crippen LogP contribution in [0.25, 0.3) is 0 Å².